The van der Waals surface area contributed by atoms with Gasteiger partial charge in [0.05, 0.1) is 41.4 Å². The first kappa shape index (κ1) is 37.2. The highest BCUT2D eigenvalue weighted by Crippen LogP contribution is 2.42. The van der Waals surface area contributed by atoms with Gasteiger partial charge in [-0.2, -0.15) is 5.26 Å². The minimum Gasteiger partial charge on any atom is -0.461 e. The predicted molar refractivity (Wildman–Crippen MR) is 195 cm³/mol. The van der Waals surface area contributed by atoms with E-state index in [1.54, 1.807) is 12.1 Å². The van der Waals surface area contributed by atoms with Crippen molar-refractivity contribution in [2.75, 3.05) is 19.8 Å². The molecule has 1 aliphatic rings. The molecule has 0 aromatic heterocycles. The van der Waals surface area contributed by atoms with Gasteiger partial charge in [-0.3, -0.25) is 4.79 Å². The number of benzene rings is 3. The van der Waals surface area contributed by atoms with E-state index >= 15 is 0 Å². The first-order valence-electron chi connectivity index (χ1n) is 17.1. The van der Waals surface area contributed by atoms with E-state index in [4.69, 9.17) is 26.3 Å². The zero-order chi connectivity index (χ0) is 35.0. The maximum Gasteiger partial charge on any atom is 0.336 e. The lowest BCUT2D eigenvalue weighted by molar-refractivity contribution is -0.139. The number of amides is 1. The van der Waals surface area contributed by atoms with E-state index in [-0.39, 0.29) is 37.0 Å². The molecule has 256 valence electrons. The van der Waals surface area contributed by atoms with Crippen molar-refractivity contribution in [1.82, 2.24) is 10.6 Å². The summed E-state index contributed by atoms with van der Waals surface area (Å²) in [5, 5.41) is 16.1. The van der Waals surface area contributed by atoms with Crippen molar-refractivity contribution in [3.05, 3.63) is 135 Å². The smallest absolute Gasteiger partial charge is 0.336 e. The first-order chi connectivity index (χ1) is 23.9. The van der Waals surface area contributed by atoms with Crippen LogP contribution in [0.3, 0.4) is 0 Å². The molecule has 1 aliphatic heterocycles. The van der Waals surface area contributed by atoms with Crippen LogP contribution in [0, 0.1) is 11.3 Å². The SMILES string of the molecule is CCCCC(CC(OCC)C1=C(C(=O)NC/C=C/c2ccccc2)C(c2cccc(Cl)c2)C(C(=O)OCCC#N)=C(C)N1)c1ccccc1. The van der Waals surface area contributed by atoms with Crippen LogP contribution in [0.2, 0.25) is 5.02 Å². The van der Waals surface area contributed by atoms with Crippen molar-refractivity contribution >= 4 is 29.6 Å². The number of esters is 1. The lowest BCUT2D eigenvalue weighted by Gasteiger charge is -2.36. The van der Waals surface area contributed by atoms with Gasteiger partial charge in [-0.05, 0) is 61.4 Å². The first-order valence-corrected chi connectivity index (χ1v) is 17.4. The van der Waals surface area contributed by atoms with Gasteiger partial charge in [-0.1, -0.05) is 116 Å². The Kier molecular flexibility index (Phi) is 14.7. The normalized spacial score (nSPS) is 15.8. The van der Waals surface area contributed by atoms with Crippen molar-refractivity contribution < 1.29 is 19.1 Å². The highest BCUT2D eigenvalue weighted by atomic mass is 35.5. The maximum atomic E-state index is 14.5. The van der Waals surface area contributed by atoms with Gasteiger partial charge in [0.15, 0.2) is 0 Å². The number of unbranched alkanes of at least 4 members (excludes halogenated alkanes) is 1. The molecule has 0 saturated carbocycles. The molecule has 1 amide bonds. The fourth-order valence-corrected chi connectivity index (χ4v) is 6.45. The quantitative estimate of drug-likeness (QED) is 0.109. The van der Waals surface area contributed by atoms with Crippen molar-refractivity contribution in [3.63, 3.8) is 0 Å². The Morgan fingerprint density at radius 1 is 1.02 bits per heavy atom. The van der Waals surface area contributed by atoms with E-state index in [9.17, 15) is 9.59 Å². The summed E-state index contributed by atoms with van der Waals surface area (Å²) in [5.41, 5.74) is 4.73. The molecule has 7 nitrogen and oxygen atoms in total. The number of nitrogens with one attached hydrogen (secondary N) is 2. The third kappa shape index (κ3) is 10.4. The molecule has 0 fully saturated rings. The summed E-state index contributed by atoms with van der Waals surface area (Å²) in [7, 11) is 0. The van der Waals surface area contributed by atoms with Crippen molar-refractivity contribution in [3.8, 4) is 6.07 Å². The second-order valence-corrected chi connectivity index (χ2v) is 12.4. The van der Waals surface area contributed by atoms with Gasteiger partial charge < -0.3 is 20.1 Å². The number of carbonyl (C=O) groups excluding carboxylic acids is 2. The van der Waals surface area contributed by atoms with Gasteiger partial charge in [0.2, 0.25) is 5.91 Å². The van der Waals surface area contributed by atoms with Crippen LogP contribution in [0.4, 0.5) is 0 Å². The van der Waals surface area contributed by atoms with Crippen LogP contribution in [0.15, 0.2) is 114 Å². The van der Waals surface area contributed by atoms with Crippen LogP contribution in [0.1, 0.15) is 81.4 Å². The molecule has 3 atom stereocenters. The van der Waals surface area contributed by atoms with E-state index in [0.717, 1.165) is 24.8 Å². The Bertz CT molecular complexity index is 1680. The predicted octanol–water partition coefficient (Wildman–Crippen LogP) is 8.61. The van der Waals surface area contributed by atoms with Gasteiger partial charge in [-0.25, -0.2) is 4.79 Å². The van der Waals surface area contributed by atoms with Gasteiger partial charge in [0, 0.05) is 23.9 Å². The molecule has 8 heteroatoms. The summed E-state index contributed by atoms with van der Waals surface area (Å²) in [4.78, 5) is 28.3. The maximum absolute atomic E-state index is 14.5. The standard InChI is InChI=1S/C41H46ClN3O4/c1-4-6-19-32(31-20-11-8-12-21-31)28-35(48-5-2)39-38(40(46)44-25-14-18-30-16-9-7-10-17-30)37(33-22-13-23-34(42)27-33)36(29(3)45-39)41(47)49-26-15-24-43/h7-14,16-18,20-23,27,32,35,37,45H,4-6,15,19,25-26,28H2,1-3H3,(H,44,46)/b18-14+. The van der Waals surface area contributed by atoms with Crippen LogP contribution >= 0.6 is 11.6 Å². The number of ether oxygens (including phenoxy) is 2. The number of hydrogen-bond acceptors (Lipinski definition) is 6. The molecule has 1 heterocycles. The van der Waals surface area contributed by atoms with E-state index in [0.29, 0.717) is 40.6 Å². The zero-order valence-electron chi connectivity index (χ0n) is 28.6. The minimum atomic E-state index is -0.809. The van der Waals surface area contributed by atoms with E-state index in [2.05, 4.69) is 41.8 Å². The number of nitriles is 1. The molecule has 49 heavy (non-hydrogen) atoms. The van der Waals surface area contributed by atoms with Crippen LogP contribution in [0.25, 0.3) is 6.08 Å². The number of carbonyl (C=O) groups is 2. The number of hydrogen-bond donors (Lipinski definition) is 2. The summed E-state index contributed by atoms with van der Waals surface area (Å²) >= 11 is 6.52. The van der Waals surface area contributed by atoms with E-state index in [1.165, 1.54) is 5.56 Å². The molecule has 0 spiro atoms. The molecule has 3 aromatic rings. The molecular weight excluding hydrogens is 634 g/mol. The molecule has 0 aliphatic carbocycles. The van der Waals surface area contributed by atoms with Crippen LogP contribution in [-0.2, 0) is 19.1 Å². The highest BCUT2D eigenvalue weighted by Gasteiger charge is 2.41. The topological polar surface area (TPSA) is 100 Å². The van der Waals surface area contributed by atoms with Gasteiger partial charge >= 0.3 is 5.97 Å². The molecular formula is C41H46ClN3O4. The molecule has 3 aromatic carbocycles. The lowest BCUT2D eigenvalue weighted by atomic mass is 9.77. The number of allylic oxidation sites excluding steroid dienone is 1. The molecule has 2 N–H and O–H groups in total. The Balaban J connectivity index is 1.84. The monoisotopic (exact) mass is 679 g/mol. The van der Waals surface area contributed by atoms with E-state index in [1.807, 2.05) is 80.6 Å². The van der Waals surface area contributed by atoms with Gasteiger partial charge in [0.1, 0.15) is 6.61 Å². The van der Waals surface area contributed by atoms with Crippen molar-refractivity contribution in [2.45, 2.75) is 70.8 Å². The summed E-state index contributed by atoms with van der Waals surface area (Å²) in [6.07, 6.45) is 7.12. The molecule has 3 unspecified atom stereocenters. The Morgan fingerprint density at radius 3 is 2.43 bits per heavy atom. The number of dihydropyridines is 1. The van der Waals surface area contributed by atoms with E-state index < -0.39 is 18.0 Å². The van der Waals surface area contributed by atoms with Crippen LogP contribution in [-0.4, -0.2) is 37.7 Å². The molecule has 0 bridgehead atoms. The van der Waals surface area contributed by atoms with Gasteiger partial charge in [0.25, 0.3) is 0 Å². The fraction of sp³-hybridized carbons (Fsp3) is 0.341. The third-order valence-corrected chi connectivity index (χ3v) is 8.78. The average Bonchev–Trinajstić information content (AvgIpc) is 3.11. The Morgan fingerprint density at radius 2 is 1.76 bits per heavy atom. The summed E-state index contributed by atoms with van der Waals surface area (Å²) in [6.45, 7) is 6.57. The van der Waals surface area contributed by atoms with Crippen molar-refractivity contribution in [1.29, 1.82) is 5.26 Å². The van der Waals surface area contributed by atoms with Crippen molar-refractivity contribution in [2.24, 2.45) is 0 Å². The third-order valence-electron chi connectivity index (χ3n) is 8.54. The van der Waals surface area contributed by atoms with Gasteiger partial charge in [-0.15, -0.1) is 0 Å². The largest absolute Gasteiger partial charge is 0.461 e. The van der Waals surface area contributed by atoms with Crippen LogP contribution in [0.5, 0.6) is 0 Å². The summed E-state index contributed by atoms with van der Waals surface area (Å²) < 4.78 is 12.1. The zero-order valence-corrected chi connectivity index (χ0v) is 29.3. The molecule has 4 rings (SSSR count). The molecule has 0 saturated heterocycles. The fourth-order valence-electron chi connectivity index (χ4n) is 6.25. The second-order valence-electron chi connectivity index (χ2n) is 12.0. The molecule has 0 radical (unpaired) electrons. The number of rotatable bonds is 17. The summed E-state index contributed by atoms with van der Waals surface area (Å²) in [6, 6.07) is 29.5. The highest BCUT2D eigenvalue weighted by molar-refractivity contribution is 6.30. The second kappa shape index (κ2) is 19.4. The average molecular weight is 680 g/mol. The Labute approximate surface area is 295 Å². The summed E-state index contributed by atoms with van der Waals surface area (Å²) in [5.74, 6) is -1.57. The number of nitrogens with zero attached hydrogens (tertiary/aromatic N) is 1. The van der Waals surface area contributed by atoms with Crippen LogP contribution < -0.4 is 10.6 Å². The lowest BCUT2D eigenvalue weighted by Crippen LogP contribution is -2.41. The Hall–Kier alpha value is -4.64. The minimum absolute atomic E-state index is 0.0561. The number of halogens is 1.